The summed E-state index contributed by atoms with van der Waals surface area (Å²) in [6.45, 7) is 3.56. The van der Waals surface area contributed by atoms with Crippen LogP contribution in [-0.4, -0.2) is 23.2 Å². The van der Waals surface area contributed by atoms with Gasteiger partial charge in [-0.3, -0.25) is 4.79 Å². The van der Waals surface area contributed by atoms with Gasteiger partial charge in [-0.05, 0) is 17.5 Å². The molecule has 4 heteroatoms. The molecule has 18 heavy (non-hydrogen) atoms. The lowest BCUT2D eigenvalue weighted by molar-refractivity contribution is -0.123. The van der Waals surface area contributed by atoms with Crippen molar-refractivity contribution in [2.75, 3.05) is 0 Å². The topological polar surface area (TPSA) is 75.4 Å². The molecule has 0 aliphatic heterocycles. The zero-order chi connectivity index (χ0) is 13.1. The van der Waals surface area contributed by atoms with Gasteiger partial charge in [0.05, 0.1) is 18.2 Å². The Morgan fingerprint density at radius 3 is 3.06 bits per heavy atom. The van der Waals surface area contributed by atoms with Crippen LogP contribution in [0, 0.1) is 0 Å². The second-order valence-electron chi connectivity index (χ2n) is 4.59. The molecule has 0 fully saturated rings. The van der Waals surface area contributed by atoms with Crippen LogP contribution in [0.3, 0.4) is 0 Å². The highest BCUT2D eigenvalue weighted by Gasteiger charge is 2.32. The molecule has 96 valence electrons. The fraction of sp³-hybridized carbons (Fsp3) is 0.357. The normalized spacial score (nSPS) is 23.2. The van der Waals surface area contributed by atoms with Crippen LogP contribution in [0.2, 0.25) is 0 Å². The molecule has 1 aliphatic carbocycles. The first-order chi connectivity index (χ1) is 8.63. The summed E-state index contributed by atoms with van der Waals surface area (Å²) in [6.07, 6.45) is 2.03. The predicted molar refractivity (Wildman–Crippen MR) is 69.8 cm³/mol. The Labute approximate surface area is 107 Å². The first-order valence-electron chi connectivity index (χ1n) is 6.06. The van der Waals surface area contributed by atoms with Crippen molar-refractivity contribution in [2.45, 2.75) is 31.0 Å². The Bertz CT molecular complexity index is 459. The molecule has 1 amide bonds. The Kier molecular flexibility index (Phi) is 3.79. The summed E-state index contributed by atoms with van der Waals surface area (Å²) >= 11 is 0. The molecule has 0 saturated carbocycles. The largest absolute Gasteiger partial charge is 0.390 e. The summed E-state index contributed by atoms with van der Waals surface area (Å²) in [4.78, 5) is 11.8. The molecule has 4 nitrogen and oxygen atoms in total. The zero-order valence-electron chi connectivity index (χ0n) is 10.2. The van der Waals surface area contributed by atoms with Crippen LogP contribution in [-0.2, 0) is 11.2 Å². The highest BCUT2D eigenvalue weighted by atomic mass is 16.3. The number of nitrogens with one attached hydrogen (secondary N) is 1. The molecule has 0 bridgehead atoms. The molecular formula is C14H18N2O2. The quantitative estimate of drug-likeness (QED) is 0.683. The van der Waals surface area contributed by atoms with Gasteiger partial charge < -0.3 is 16.2 Å². The Morgan fingerprint density at radius 1 is 1.61 bits per heavy atom. The highest BCUT2D eigenvalue weighted by molar-refractivity contribution is 5.82. The van der Waals surface area contributed by atoms with E-state index in [-0.39, 0.29) is 11.9 Å². The second-order valence-corrected chi connectivity index (χ2v) is 4.59. The third-order valence-corrected chi connectivity index (χ3v) is 3.26. The van der Waals surface area contributed by atoms with Gasteiger partial charge in [-0.15, -0.1) is 6.58 Å². The maximum atomic E-state index is 11.8. The molecule has 1 unspecified atom stereocenters. The van der Waals surface area contributed by atoms with Crippen LogP contribution < -0.4 is 11.1 Å². The number of nitrogens with two attached hydrogens (primary N) is 1. The van der Waals surface area contributed by atoms with Gasteiger partial charge in [0, 0.05) is 6.42 Å². The van der Waals surface area contributed by atoms with Crippen molar-refractivity contribution >= 4 is 5.91 Å². The number of hydrogen-bond donors (Lipinski definition) is 3. The Hall–Kier alpha value is -1.65. The van der Waals surface area contributed by atoms with E-state index in [1.165, 1.54) is 0 Å². The molecule has 1 aromatic carbocycles. The summed E-state index contributed by atoms with van der Waals surface area (Å²) in [5.41, 5.74) is 7.76. The van der Waals surface area contributed by atoms with Gasteiger partial charge in [0.15, 0.2) is 0 Å². The minimum absolute atomic E-state index is 0.254. The molecule has 1 aliphatic rings. The molecule has 3 atom stereocenters. The van der Waals surface area contributed by atoms with E-state index in [1.54, 1.807) is 6.08 Å². The lowest BCUT2D eigenvalue weighted by atomic mass is 10.1. The number of carbonyl (C=O) groups excluding carboxylic acids is 1. The number of aliphatic hydroxyl groups is 1. The minimum atomic E-state index is -0.609. The first-order valence-corrected chi connectivity index (χ1v) is 6.06. The van der Waals surface area contributed by atoms with Gasteiger partial charge in [-0.2, -0.15) is 0 Å². The van der Waals surface area contributed by atoms with E-state index in [0.717, 1.165) is 11.1 Å². The average molecular weight is 246 g/mol. The molecule has 0 aromatic heterocycles. The molecule has 0 radical (unpaired) electrons. The van der Waals surface area contributed by atoms with Crippen molar-refractivity contribution in [3.63, 3.8) is 0 Å². The lowest BCUT2D eigenvalue weighted by Crippen LogP contribution is -2.44. The number of aliphatic hydroxyl groups excluding tert-OH is 1. The molecule has 0 heterocycles. The number of amides is 1. The van der Waals surface area contributed by atoms with Crippen molar-refractivity contribution in [3.05, 3.63) is 48.0 Å². The van der Waals surface area contributed by atoms with E-state index in [0.29, 0.717) is 12.8 Å². The van der Waals surface area contributed by atoms with E-state index in [1.807, 2.05) is 24.3 Å². The zero-order valence-corrected chi connectivity index (χ0v) is 10.2. The number of carbonyl (C=O) groups is 1. The summed E-state index contributed by atoms with van der Waals surface area (Å²) in [5.74, 6) is -0.254. The van der Waals surface area contributed by atoms with Crippen molar-refractivity contribution in [1.29, 1.82) is 0 Å². The van der Waals surface area contributed by atoms with Gasteiger partial charge in [0.2, 0.25) is 5.91 Å². The number of hydrogen-bond acceptors (Lipinski definition) is 3. The van der Waals surface area contributed by atoms with Crippen LogP contribution in [0.5, 0.6) is 0 Å². The maximum absolute atomic E-state index is 11.8. The maximum Gasteiger partial charge on any atom is 0.237 e. The minimum Gasteiger partial charge on any atom is -0.390 e. The second kappa shape index (κ2) is 5.33. The van der Waals surface area contributed by atoms with Crippen molar-refractivity contribution in [1.82, 2.24) is 5.32 Å². The van der Waals surface area contributed by atoms with Crippen LogP contribution in [0.25, 0.3) is 0 Å². The Balaban J connectivity index is 2.10. The van der Waals surface area contributed by atoms with Crippen LogP contribution in [0.1, 0.15) is 23.6 Å². The monoisotopic (exact) mass is 246 g/mol. The molecule has 0 saturated heterocycles. The van der Waals surface area contributed by atoms with Gasteiger partial charge in [-0.1, -0.05) is 30.3 Å². The first kappa shape index (κ1) is 12.8. The number of benzene rings is 1. The van der Waals surface area contributed by atoms with Crippen LogP contribution >= 0.6 is 0 Å². The van der Waals surface area contributed by atoms with Gasteiger partial charge in [0.1, 0.15) is 0 Å². The fourth-order valence-electron chi connectivity index (χ4n) is 2.29. The van der Waals surface area contributed by atoms with Crippen LogP contribution in [0.4, 0.5) is 0 Å². The van der Waals surface area contributed by atoms with E-state index < -0.39 is 12.1 Å². The van der Waals surface area contributed by atoms with Gasteiger partial charge >= 0.3 is 0 Å². The van der Waals surface area contributed by atoms with E-state index in [9.17, 15) is 9.90 Å². The predicted octanol–water partition coefficient (Wildman–Crippen LogP) is 0.664. The average Bonchev–Trinajstić information content (AvgIpc) is 2.66. The third-order valence-electron chi connectivity index (χ3n) is 3.26. The third kappa shape index (κ3) is 2.44. The smallest absolute Gasteiger partial charge is 0.237 e. The van der Waals surface area contributed by atoms with Crippen LogP contribution in [0.15, 0.2) is 36.9 Å². The SMILES string of the molecule is C=CCC(N)C(=O)N[C@@H]1c2ccccc2C[C@@H]1O. The standard InChI is InChI=1S/C14H18N2O2/c1-2-5-11(15)14(18)16-13-10-7-4-3-6-9(10)8-12(13)17/h2-4,6-7,11-13,17H,1,5,8,15H2,(H,16,18)/t11?,12-,13+/m0/s1. The highest BCUT2D eigenvalue weighted by Crippen LogP contribution is 2.31. The summed E-state index contributed by atoms with van der Waals surface area (Å²) in [5, 5.41) is 12.8. The summed E-state index contributed by atoms with van der Waals surface area (Å²) in [6, 6.07) is 6.76. The van der Waals surface area contributed by atoms with E-state index in [4.69, 9.17) is 5.73 Å². The molecular weight excluding hydrogens is 228 g/mol. The summed E-state index contributed by atoms with van der Waals surface area (Å²) in [7, 11) is 0. The molecule has 1 aromatic rings. The molecule has 4 N–H and O–H groups in total. The van der Waals surface area contributed by atoms with Gasteiger partial charge in [0.25, 0.3) is 0 Å². The lowest BCUT2D eigenvalue weighted by Gasteiger charge is -2.20. The fourth-order valence-corrected chi connectivity index (χ4v) is 2.29. The van der Waals surface area contributed by atoms with Crippen molar-refractivity contribution in [2.24, 2.45) is 5.73 Å². The summed E-state index contributed by atoms with van der Waals surface area (Å²) < 4.78 is 0. The van der Waals surface area contributed by atoms with Crippen molar-refractivity contribution < 1.29 is 9.90 Å². The van der Waals surface area contributed by atoms with E-state index in [2.05, 4.69) is 11.9 Å². The molecule has 0 spiro atoms. The van der Waals surface area contributed by atoms with Crippen molar-refractivity contribution in [3.8, 4) is 0 Å². The number of rotatable bonds is 4. The molecule has 2 rings (SSSR count). The Morgan fingerprint density at radius 2 is 2.33 bits per heavy atom. The number of fused-ring (bicyclic) bond motifs is 1. The van der Waals surface area contributed by atoms with E-state index >= 15 is 0 Å². The van der Waals surface area contributed by atoms with Gasteiger partial charge in [-0.25, -0.2) is 0 Å².